The lowest BCUT2D eigenvalue weighted by atomic mass is 9.89. The summed E-state index contributed by atoms with van der Waals surface area (Å²) < 4.78 is 15.4. The summed E-state index contributed by atoms with van der Waals surface area (Å²) in [5.74, 6) is 0.205. The van der Waals surface area contributed by atoms with Crippen molar-refractivity contribution in [3.8, 4) is 17.8 Å². The molecule has 0 N–H and O–H groups in total. The average molecular weight is 339 g/mol. The highest BCUT2D eigenvalue weighted by Gasteiger charge is 2.36. The highest BCUT2D eigenvalue weighted by atomic mass is 32.2. The number of ether oxygens (including phenoxy) is 3. The van der Waals surface area contributed by atoms with E-state index in [1.165, 1.54) is 32.9 Å². The van der Waals surface area contributed by atoms with Gasteiger partial charge in [0.1, 0.15) is 6.07 Å². The number of carbonyl (C=O) groups is 1. The highest BCUT2D eigenvalue weighted by molar-refractivity contribution is 7.99. The van der Waals surface area contributed by atoms with Gasteiger partial charge in [0.15, 0.2) is 11.3 Å². The largest absolute Gasteiger partial charge is 0.481 e. The van der Waals surface area contributed by atoms with Gasteiger partial charge in [-0.3, -0.25) is 4.79 Å². The van der Waals surface area contributed by atoms with Crippen LogP contribution in [0.4, 0.5) is 0 Å². The Morgan fingerprint density at radius 2 is 1.78 bits per heavy atom. The van der Waals surface area contributed by atoms with Crippen molar-refractivity contribution in [3.05, 3.63) is 6.07 Å². The van der Waals surface area contributed by atoms with Gasteiger partial charge in [0.25, 0.3) is 0 Å². The number of thioether (sulfide) groups is 1. The fraction of sp³-hybridized carbons (Fsp3) is 0.600. The summed E-state index contributed by atoms with van der Waals surface area (Å²) in [5.41, 5.74) is -0.333. The van der Waals surface area contributed by atoms with Gasteiger partial charge in [-0.15, -0.1) is 0 Å². The third kappa shape index (κ3) is 5.60. The lowest BCUT2D eigenvalue weighted by Gasteiger charge is -2.32. The van der Waals surface area contributed by atoms with Crippen LogP contribution in [0.1, 0.15) is 27.7 Å². The maximum absolute atomic E-state index is 11.2. The van der Waals surface area contributed by atoms with Gasteiger partial charge in [0.05, 0.1) is 25.5 Å². The summed E-state index contributed by atoms with van der Waals surface area (Å²) in [5, 5.41) is 9.37. The van der Waals surface area contributed by atoms with Crippen LogP contribution in [0, 0.1) is 16.7 Å². The van der Waals surface area contributed by atoms with Gasteiger partial charge >= 0.3 is 5.97 Å². The Labute approximate surface area is 140 Å². The number of nitrogens with zero attached hydrogens (tertiary/aromatic N) is 3. The summed E-state index contributed by atoms with van der Waals surface area (Å²) in [6, 6.07) is 3.60. The van der Waals surface area contributed by atoms with Crippen LogP contribution >= 0.6 is 11.8 Å². The van der Waals surface area contributed by atoms with Crippen molar-refractivity contribution < 1.29 is 19.0 Å². The molecule has 0 amide bonds. The Hall–Kier alpha value is -2.01. The topological polar surface area (TPSA) is 94.3 Å². The van der Waals surface area contributed by atoms with Gasteiger partial charge < -0.3 is 14.2 Å². The van der Waals surface area contributed by atoms with Gasteiger partial charge in [-0.05, 0) is 5.41 Å². The van der Waals surface area contributed by atoms with Crippen LogP contribution in [0.5, 0.6) is 11.8 Å². The minimum atomic E-state index is -0.918. The van der Waals surface area contributed by atoms with Crippen LogP contribution in [0.2, 0.25) is 0 Å². The van der Waals surface area contributed by atoms with Crippen molar-refractivity contribution in [3.63, 3.8) is 0 Å². The Bertz CT molecular complexity index is 573. The van der Waals surface area contributed by atoms with E-state index in [0.29, 0.717) is 16.9 Å². The molecule has 0 aliphatic heterocycles. The first-order chi connectivity index (χ1) is 10.7. The summed E-state index contributed by atoms with van der Waals surface area (Å²) in [7, 11) is 2.99. The Kier molecular flexibility index (Phi) is 6.63. The number of methoxy groups -OCH3 is 2. The van der Waals surface area contributed by atoms with Crippen molar-refractivity contribution in [1.29, 1.82) is 5.26 Å². The van der Waals surface area contributed by atoms with Crippen molar-refractivity contribution in [1.82, 2.24) is 9.97 Å². The first-order valence-corrected chi connectivity index (χ1v) is 7.79. The van der Waals surface area contributed by atoms with Crippen LogP contribution in [0.25, 0.3) is 0 Å². The van der Waals surface area contributed by atoms with E-state index < -0.39 is 12.1 Å². The molecular weight excluding hydrogens is 318 g/mol. The molecule has 1 aromatic rings. The molecule has 1 heterocycles. The number of hydrogen-bond acceptors (Lipinski definition) is 8. The van der Waals surface area contributed by atoms with E-state index in [4.69, 9.17) is 14.2 Å². The first kappa shape index (κ1) is 19.0. The molecule has 0 radical (unpaired) electrons. The Morgan fingerprint density at radius 1 is 1.26 bits per heavy atom. The normalized spacial score (nSPS) is 13.6. The first-order valence-electron chi connectivity index (χ1n) is 6.91. The SMILES string of the molecule is COc1cc(OC)nc(SC(C(C#N)OC(C)=O)C(C)(C)C)n1. The van der Waals surface area contributed by atoms with E-state index in [0.717, 1.165) is 0 Å². The van der Waals surface area contributed by atoms with E-state index in [-0.39, 0.29) is 10.7 Å². The number of aromatic nitrogens is 2. The van der Waals surface area contributed by atoms with Crippen LogP contribution in [-0.2, 0) is 9.53 Å². The average Bonchev–Trinajstić information content (AvgIpc) is 2.48. The maximum Gasteiger partial charge on any atom is 0.303 e. The molecule has 7 nitrogen and oxygen atoms in total. The number of carbonyl (C=O) groups excluding carboxylic acids is 1. The number of nitriles is 1. The molecular formula is C15H21N3O4S. The standard InChI is InChI=1S/C15H21N3O4S/c1-9(19)22-10(8-16)13(15(2,3)4)23-14-17-11(20-5)7-12(18-14)21-6/h7,10,13H,1-6H3. The molecule has 1 rings (SSSR count). The summed E-state index contributed by atoms with van der Waals surface area (Å²) >= 11 is 1.25. The quantitative estimate of drug-likeness (QED) is 0.443. The zero-order valence-electron chi connectivity index (χ0n) is 14.1. The van der Waals surface area contributed by atoms with Gasteiger partial charge in [-0.25, -0.2) is 0 Å². The third-order valence-corrected chi connectivity index (χ3v) is 4.46. The van der Waals surface area contributed by atoms with Crippen LogP contribution < -0.4 is 9.47 Å². The van der Waals surface area contributed by atoms with Crippen LogP contribution in [0.15, 0.2) is 11.2 Å². The molecule has 0 fully saturated rings. The van der Waals surface area contributed by atoms with Crippen molar-refractivity contribution in [2.75, 3.05) is 14.2 Å². The lowest BCUT2D eigenvalue weighted by Crippen LogP contribution is -2.37. The fourth-order valence-electron chi connectivity index (χ4n) is 1.79. The predicted molar refractivity (Wildman–Crippen MR) is 85.4 cm³/mol. The van der Waals surface area contributed by atoms with Crippen LogP contribution in [0.3, 0.4) is 0 Å². The maximum atomic E-state index is 11.2. The van der Waals surface area contributed by atoms with Crippen LogP contribution in [-0.4, -0.2) is 41.5 Å². The predicted octanol–water partition coefficient (Wildman–Crippen LogP) is 2.46. The summed E-state index contributed by atoms with van der Waals surface area (Å²) in [6.45, 7) is 7.14. The highest BCUT2D eigenvalue weighted by Crippen LogP contribution is 2.38. The van der Waals surface area contributed by atoms with E-state index >= 15 is 0 Å². The van der Waals surface area contributed by atoms with E-state index in [1.54, 1.807) is 6.07 Å². The number of rotatable bonds is 6. The minimum Gasteiger partial charge on any atom is -0.481 e. The zero-order chi connectivity index (χ0) is 17.6. The summed E-state index contributed by atoms with van der Waals surface area (Å²) in [4.78, 5) is 19.7. The van der Waals surface area contributed by atoms with Gasteiger partial charge in [-0.2, -0.15) is 15.2 Å². The summed E-state index contributed by atoms with van der Waals surface area (Å²) in [6.07, 6.45) is -0.918. The molecule has 126 valence electrons. The molecule has 0 bridgehead atoms. The van der Waals surface area contributed by atoms with Gasteiger partial charge in [-0.1, -0.05) is 32.5 Å². The fourth-order valence-corrected chi connectivity index (χ4v) is 2.89. The monoisotopic (exact) mass is 339 g/mol. The third-order valence-electron chi connectivity index (χ3n) is 2.86. The molecule has 1 aromatic heterocycles. The van der Waals surface area contributed by atoms with Gasteiger partial charge in [0, 0.05) is 6.92 Å². The Morgan fingerprint density at radius 3 is 2.13 bits per heavy atom. The second-order valence-corrected chi connectivity index (χ2v) is 6.91. The molecule has 0 saturated heterocycles. The molecule has 0 aliphatic rings. The lowest BCUT2D eigenvalue weighted by molar-refractivity contribution is -0.144. The molecule has 2 unspecified atom stereocenters. The Balaban J connectivity index is 3.16. The smallest absolute Gasteiger partial charge is 0.303 e. The molecule has 2 atom stereocenters. The van der Waals surface area contributed by atoms with Crippen molar-refractivity contribution in [2.45, 2.75) is 44.2 Å². The molecule has 0 aliphatic carbocycles. The van der Waals surface area contributed by atoms with E-state index in [2.05, 4.69) is 9.97 Å². The molecule has 0 spiro atoms. The van der Waals surface area contributed by atoms with E-state index in [1.807, 2.05) is 26.8 Å². The molecule has 0 aromatic carbocycles. The molecule has 0 saturated carbocycles. The minimum absolute atomic E-state index is 0.333. The number of esters is 1. The van der Waals surface area contributed by atoms with Crippen molar-refractivity contribution >= 4 is 17.7 Å². The van der Waals surface area contributed by atoms with Crippen molar-refractivity contribution in [2.24, 2.45) is 5.41 Å². The second kappa shape index (κ2) is 8.02. The van der Waals surface area contributed by atoms with Gasteiger partial charge in [0.2, 0.25) is 11.8 Å². The molecule has 23 heavy (non-hydrogen) atoms. The molecule has 8 heteroatoms. The van der Waals surface area contributed by atoms with E-state index in [9.17, 15) is 10.1 Å². The zero-order valence-corrected chi connectivity index (χ0v) is 14.9. The second-order valence-electron chi connectivity index (χ2n) is 5.80. The number of hydrogen-bond donors (Lipinski definition) is 0.